The number of nitrogens with zero attached hydrogens (tertiary/aromatic N) is 2. The van der Waals surface area contributed by atoms with Crippen LogP contribution < -0.4 is 16.6 Å². The van der Waals surface area contributed by atoms with Gasteiger partial charge >= 0.3 is 0 Å². The van der Waals surface area contributed by atoms with Crippen molar-refractivity contribution < 1.29 is 4.39 Å². The van der Waals surface area contributed by atoms with E-state index >= 15 is 0 Å². The van der Waals surface area contributed by atoms with Gasteiger partial charge in [-0.05, 0) is 24.6 Å². The van der Waals surface area contributed by atoms with E-state index in [-0.39, 0.29) is 11.7 Å². The maximum absolute atomic E-state index is 13.2. The van der Waals surface area contributed by atoms with E-state index < -0.39 is 0 Å². The molecule has 1 aromatic carbocycles. The number of rotatable bonds is 5. The lowest BCUT2D eigenvalue weighted by atomic mass is 10.2. The first-order chi connectivity index (χ1) is 10.0. The Morgan fingerprint density at radius 1 is 1.24 bits per heavy atom. The molecule has 2 aromatic rings. The summed E-state index contributed by atoms with van der Waals surface area (Å²) in [7, 11) is 0. The summed E-state index contributed by atoms with van der Waals surface area (Å²) in [6.45, 7) is 6.40. The fourth-order valence-corrected chi connectivity index (χ4v) is 1.94. The van der Waals surface area contributed by atoms with Crippen LogP contribution in [0.5, 0.6) is 0 Å². The van der Waals surface area contributed by atoms with E-state index in [1.807, 2.05) is 26.8 Å². The molecule has 2 rings (SSSR count). The number of halogens is 1. The molecule has 6 heteroatoms. The number of nitrogens with one attached hydrogen (secondary N) is 2. The number of hydrogen-bond acceptors (Lipinski definition) is 5. The minimum absolute atomic E-state index is 0.187. The van der Waals surface area contributed by atoms with E-state index in [2.05, 4.69) is 20.7 Å². The highest BCUT2D eigenvalue weighted by atomic mass is 19.1. The molecule has 0 aliphatic rings. The van der Waals surface area contributed by atoms with Crippen molar-refractivity contribution in [3.8, 4) is 0 Å². The SMILES string of the molecule is Cc1c(NN)nc(C(C)C)nc1NCc1cccc(F)c1. The van der Waals surface area contributed by atoms with Crippen LogP contribution in [0, 0.1) is 12.7 Å². The number of aromatic nitrogens is 2. The third-order valence-electron chi connectivity index (χ3n) is 3.17. The lowest BCUT2D eigenvalue weighted by Gasteiger charge is -2.15. The molecule has 0 bridgehead atoms. The third-order valence-corrected chi connectivity index (χ3v) is 3.17. The molecule has 5 nitrogen and oxygen atoms in total. The summed E-state index contributed by atoms with van der Waals surface area (Å²) in [6.07, 6.45) is 0. The lowest BCUT2D eigenvalue weighted by Crippen LogP contribution is -2.15. The molecule has 0 spiro atoms. The molecule has 112 valence electrons. The number of hydrogen-bond donors (Lipinski definition) is 3. The van der Waals surface area contributed by atoms with Crippen LogP contribution in [0.25, 0.3) is 0 Å². The van der Waals surface area contributed by atoms with Gasteiger partial charge in [-0.15, -0.1) is 0 Å². The van der Waals surface area contributed by atoms with Crippen LogP contribution in [0.4, 0.5) is 16.0 Å². The van der Waals surface area contributed by atoms with Gasteiger partial charge in [0, 0.05) is 18.0 Å². The van der Waals surface area contributed by atoms with E-state index in [9.17, 15) is 4.39 Å². The van der Waals surface area contributed by atoms with Gasteiger partial charge in [0.05, 0.1) is 0 Å². The van der Waals surface area contributed by atoms with Crippen LogP contribution in [-0.4, -0.2) is 9.97 Å². The van der Waals surface area contributed by atoms with Gasteiger partial charge in [0.15, 0.2) is 0 Å². The number of hydrazine groups is 1. The highest BCUT2D eigenvalue weighted by molar-refractivity contribution is 5.57. The van der Waals surface area contributed by atoms with Gasteiger partial charge in [0.1, 0.15) is 23.3 Å². The predicted molar refractivity (Wildman–Crippen MR) is 82.4 cm³/mol. The van der Waals surface area contributed by atoms with Gasteiger partial charge in [-0.2, -0.15) is 0 Å². The van der Waals surface area contributed by atoms with Gasteiger partial charge in [-0.1, -0.05) is 26.0 Å². The smallest absolute Gasteiger partial charge is 0.148 e. The first-order valence-electron chi connectivity index (χ1n) is 6.84. The molecule has 0 saturated heterocycles. The van der Waals surface area contributed by atoms with Crippen LogP contribution in [0.1, 0.15) is 36.7 Å². The fourth-order valence-electron chi connectivity index (χ4n) is 1.94. The standard InChI is InChI=1S/C15H20FN5/c1-9(2)13-19-14(10(3)15(20-13)21-17)18-8-11-5-4-6-12(16)7-11/h4-7,9H,8,17H2,1-3H3,(H2,18,19,20,21). The van der Waals surface area contributed by atoms with Crippen molar-refractivity contribution in [1.29, 1.82) is 0 Å². The van der Waals surface area contributed by atoms with E-state index in [4.69, 9.17) is 5.84 Å². The summed E-state index contributed by atoms with van der Waals surface area (Å²) < 4.78 is 13.2. The summed E-state index contributed by atoms with van der Waals surface area (Å²) in [5.41, 5.74) is 4.27. The van der Waals surface area contributed by atoms with Crippen molar-refractivity contribution in [3.05, 3.63) is 47.0 Å². The number of nitrogens with two attached hydrogens (primary N) is 1. The molecule has 21 heavy (non-hydrogen) atoms. The fraction of sp³-hybridized carbons (Fsp3) is 0.333. The molecule has 1 heterocycles. The Morgan fingerprint density at radius 3 is 2.57 bits per heavy atom. The highest BCUT2D eigenvalue weighted by Crippen LogP contribution is 2.23. The Balaban J connectivity index is 2.24. The molecule has 0 atom stereocenters. The Labute approximate surface area is 123 Å². The molecule has 1 aromatic heterocycles. The predicted octanol–water partition coefficient (Wildman–Crippen LogP) is 2.95. The van der Waals surface area contributed by atoms with Gasteiger partial charge in [0.2, 0.25) is 0 Å². The normalized spacial score (nSPS) is 10.8. The second-order valence-electron chi connectivity index (χ2n) is 5.19. The second kappa shape index (κ2) is 6.49. The zero-order chi connectivity index (χ0) is 15.4. The molecule has 0 aliphatic carbocycles. The molecule has 0 radical (unpaired) electrons. The van der Waals surface area contributed by atoms with Crippen molar-refractivity contribution in [3.63, 3.8) is 0 Å². The second-order valence-corrected chi connectivity index (χ2v) is 5.19. The topological polar surface area (TPSA) is 75.9 Å². The van der Waals surface area contributed by atoms with E-state index in [1.54, 1.807) is 6.07 Å². The first kappa shape index (κ1) is 15.2. The Kier molecular flexibility index (Phi) is 4.70. The molecule has 0 saturated carbocycles. The lowest BCUT2D eigenvalue weighted by molar-refractivity contribution is 0.626. The molecule has 0 amide bonds. The summed E-state index contributed by atoms with van der Waals surface area (Å²) in [5, 5.41) is 3.21. The van der Waals surface area contributed by atoms with Gasteiger partial charge < -0.3 is 10.7 Å². The molecule has 4 N–H and O–H groups in total. The number of nitrogen functional groups attached to an aromatic ring is 1. The average Bonchev–Trinajstić information content (AvgIpc) is 2.46. The Hall–Kier alpha value is -2.21. The number of benzene rings is 1. The molecule has 0 aliphatic heterocycles. The van der Waals surface area contributed by atoms with Crippen LogP contribution in [0.2, 0.25) is 0 Å². The van der Waals surface area contributed by atoms with Crippen molar-refractivity contribution in [2.24, 2.45) is 5.84 Å². The first-order valence-corrected chi connectivity index (χ1v) is 6.84. The van der Waals surface area contributed by atoms with Gasteiger partial charge in [0.25, 0.3) is 0 Å². The van der Waals surface area contributed by atoms with Crippen molar-refractivity contribution in [2.45, 2.75) is 33.2 Å². The zero-order valence-corrected chi connectivity index (χ0v) is 12.4. The van der Waals surface area contributed by atoms with Crippen LogP contribution in [0.15, 0.2) is 24.3 Å². The van der Waals surface area contributed by atoms with Crippen LogP contribution >= 0.6 is 0 Å². The summed E-state index contributed by atoms with van der Waals surface area (Å²) in [4.78, 5) is 8.88. The van der Waals surface area contributed by atoms with Crippen molar-refractivity contribution in [1.82, 2.24) is 9.97 Å². The minimum Gasteiger partial charge on any atom is -0.366 e. The molecular weight excluding hydrogens is 269 g/mol. The average molecular weight is 289 g/mol. The molecule has 0 fully saturated rings. The quantitative estimate of drug-likeness (QED) is 0.583. The van der Waals surface area contributed by atoms with Crippen molar-refractivity contribution in [2.75, 3.05) is 10.7 Å². The Morgan fingerprint density at radius 2 is 1.95 bits per heavy atom. The summed E-state index contributed by atoms with van der Waals surface area (Å²) in [6, 6.07) is 6.46. The van der Waals surface area contributed by atoms with Crippen LogP contribution in [-0.2, 0) is 6.54 Å². The van der Waals surface area contributed by atoms with Gasteiger partial charge in [-0.3, -0.25) is 0 Å². The molecular formula is C15H20FN5. The Bertz CT molecular complexity index is 627. The monoisotopic (exact) mass is 289 g/mol. The highest BCUT2D eigenvalue weighted by Gasteiger charge is 2.12. The number of anilines is 2. The minimum atomic E-state index is -0.249. The maximum Gasteiger partial charge on any atom is 0.148 e. The summed E-state index contributed by atoms with van der Waals surface area (Å²) in [5.74, 6) is 7.43. The third kappa shape index (κ3) is 3.66. The molecule has 0 unspecified atom stereocenters. The van der Waals surface area contributed by atoms with E-state index in [0.29, 0.717) is 24.0 Å². The summed E-state index contributed by atoms with van der Waals surface area (Å²) >= 11 is 0. The van der Waals surface area contributed by atoms with E-state index in [1.165, 1.54) is 12.1 Å². The van der Waals surface area contributed by atoms with Gasteiger partial charge in [-0.25, -0.2) is 20.2 Å². The van der Waals surface area contributed by atoms with E-state index in [0.717, 1.165) is 11.1 Å². The largest absolute Gasteiger partial charge is 0.366 e. The maximum atomic E-state index is 13.2. The van der Waals surface area contributed by atoms with Crippen molar-refractivity contribution >= 4 is 11.6 Å². The zero-order valence-electron chi connectivity index (χ0n) is 12.4. The van der Waals surface area contributed by atoms with Crippen LogP contribution in [0.3, 0.4) is 0 Å².